The number of ether oxygens (including phenoxy) is 3. The third kappa shape index (κ3) is 5.02. The Morgan fingerprint density at radius 1 is 0.417 bits per heavy atom. The molecule has 0 radical (unpaired) electrons. The number of nitrogens with zero attached hydrogens (tertiary/aromatic N) is 3. The first-order valence-electron chi connectivity index (χ1n) is 10.2. The van der Waals surface area contributed by atoms with Crippen molar-refractivity contribution in [3.05, 3.63) is 121 Å². The van der Waals surface area contributed by atoms with Crippen LogP contribution in [0.25, 0.3) is 0 Å². The van der Waals surface area contributed by atoms with Gasteiger partial charge in [0.1, 0.15) is 0 Å². The number of hydrogen-bond donors (Lipinski definition) is 0. The van der Waals surface area contributed by atoms with E-state index in [1.807, 2.05) is 0 Å². The predicted octanol–water partition coefficient (Wildman–Crippen LogP) is 6.79. The van der Waals surface area contributed by atoms with Gasteiger partial charge in [0.05, 0.1) is 14.8 Å². The minimum Gasteiger partial charge on any atom is -0.446 e. The Hall–Kier alpha value is -5.52. The van der Waals surface area contributed by atoms with Crippen molar-refractivity contribution in [3.63, 3.8) is 0 Å². The molecule has 0 heterocycles. The molecule has 180 valence electrons. The smallest absolute Gasteiger partial charge is 0.311 e. The third-order valence-corrected chi connectivity index (χ3v) is 4.78. The molecular weight excluding hydrogens is 474 g/mol. The van der Waals surface area contributed by atoms with Crippen LogP contribution in [0.4, 0.5) is 17.1 Å². The van der Waals surface area contributed by atoms with E-state index in [9.17, 15) is 30.3 Å². The summed E-state index contributed by atoms with van der Waals surface area (Å²) in [6.07, 6.45) is 0. The molecule has 36 heavy (non-hydrogen) atoms. The molecule has 0 amide bonds. The number of nitro groups is 3. The standard InChI is InChI=1S/C24H15N3O9/c28-25(29)16-8-1-4-11-19(16)34-22-14-7-15-23(35-20-12-5-2-9-17(20)26(30)31)24(22)36-21-13-6-3-10-18(21)27(32)33/h1-15H. The highest BCUT2D eigenvalue weighted by atomic mass is 16.6. The highest BCUT2D eigenvalue weighted by molar-refractivity contribution is 5.60. The van der Waals surface area contributed by atoms with Crippen LogP contribution in [-0.2, 0) is 0 Å². The van der Waals surface area contributed by atoms with Gasteiger partial charge in [-0.3, -0.25) is 30.3 Å². The summed E-state index contributed by atoms with van der Waals surface area (Å²) >= 11 is 0. The highest BCUT2D eigenvalue weighted by Crippen LogP contribution is 2.47. The van der Waals surface area contributed by atoms with Gasteiger partial charge in [-0.2, -0.15) is 0 Å². The molecule has 0 atom stereocenters. The maximum atomic E-state index is 11.5. The first-order chi connectivity index (χ1) is 17.3. The lowest BCUT2D eigenvalue weighted by Crippen LogP contribution is -1.99. The minimum atomic E-state index is -0.649. The molecule has 0 N–H and O–H groups in total. The summed E-state index contributed by atoms with van der Waals surface area (Å²) in [6, 6.07) is 21.0. The average molecular weight is 489 g/mol. The van der Waals surface area contributed by atoms with Crippen LogP contribution < -0.4 is 14.2 Å². The molecule has 4 aromatic rings. The zero-order valence-electron chi connectivity index (χ0n) is 18.2. The van der Waals surface area contributed by atoms with Crippen molar-refractivity contribution >= 4 is 17.1 Å². The molecule has 0 aliphatic carbocycles. The van der Waals surface area contributed by atoms with Gasteiger partial charge < -0.3 is 14.2 Å². The van der Waals surface area contributed by atoms with Crippen LogP contribution in [0.3, 0.4) is 0 Å². The molecular formula is C24H15N3O9. The van der Waals surface area contributed by atoms with Crippen molar-refractivity contribution in [2.75, 3.05) is 0 Å². The Balaban J connectivity index is 1.85. The molecule has 0 saturated heterocycles. The molecule has 0 aliphatic heterocycles. The molecule has 0 aromatic heterocycles. The highest BCUT2D eigenvalue weighted by Gasteiger charge is 2.24. The molecule has 4 aromatic carbocycles. The zero-order valence-corrected chi connectivity index (χ0v) is 18.2. The summed E-state index contributed by atoms with van der Waals surface area (Å²) in [4.78, 5) is 32.5. The van der Waals surface area contributed by atoms with Gasteiger partial charge in [0.2, 0.25) is 23.0 Å². The van der Waals surface area contributed by atoms with Gasteiger partial charge in [0.15, 0.2) is 11.5 Å². The fourth-order valence-corrected chi connectivity index (χ4v) is 3.19. The molecule has 4 rings (SSSR count). The van der Waals surface area contributed by atoms with E-state index >= 15 is 0 Å². The van der Waals surface area contributed by atoms with Crippen molar-refractivity contribution in [2.45, 2.75) is 0 Å². The van der Waals surface area contributed by atoms with E-state index in [4.69, 9.17) is 14.2 Å². The van der Waals surface area contributed by atoms with Gasteiger partial charge in [0, 0.05) is 18.2 Å². The van der Waals surface area contributed by atoms with Crippen molar-refractivity contribution < 1.29 is 29.0 Å². The Morgan fingerprint density at radius 2 is 0.722 bits per heavy atom. The van der Waals surface area contributed by atoms with E-state index in [1.165, 1.54) is 91.0 Å². The monoisotopic (exact) mass is 489 g/mol. The van der Waals surface area contributed by atoms with E-state index in [1.54, 1.807) is 0 Å². The fraction of sp³-hybridized carbons (Fsp3) is 0. The van der Waals surface area contributed by atoms with Crippen LogP contribution in [0.15, 0.2) is 91.0 Å². The van der Waals surface area contributed by atoms with E-state index < -0.39 is 14.8 Å². The van der Waals surface area contributed by atoms with E-state index in [0.717, 1.165) is 0 Å². The topological polar surface area (TPSA) is 157 Å². The Bertz CT molecular complexity index is 1400. The second kappa shape index (κ2) is 10.2. The second-order valence-corrected chi connectivity index (χ2v) is 7.06. The van der Waals surface area contributed by atoms with Crippen LogP contribution in [-0.4, -0.2) is 14.8 Å². The summed E-state index contributed by atoms with van der Waals surface area (Å²) in [5, 5.41) is 34.4. The molecule has 12 nitrogen and oxygen atoms in total. The SMILES string of the molecule is O=[N+]([O-])c1ccccc1Oc1cccc(Oc2ccccc2[N+](=O)[O-])c1Oc1ccccc1[N+](=O)[O-]. The number of para-hydroxylation sites is 7. The predicted molar refractivity (Wildman–Crippen MR) is 126 cm³/mol. The van der Waals surface area contributed by atoms with Crippen LogP contribution in [0.1, 0.15) is 0 Å². The second-order valence-electron chi connectivity index (χ2n) is 7.06. The number of rotatable bonds is 9. The summed E-state index contributed by atoms with van der Waals surface area (Å²) < 4.78 is 17.4. The zero-order chi connectivity index (χ0) is 25.7. The van der Waals surface area contributed by atoms with Crippen LogP contribution in [0.5, 0.6) is 34.5 Å². The lowest BCUT2D eigenvalue weighted by Gasteiger charge is -2.16. The Kier molecular flexibility index (Phi) is 6.68. The summed E-state index contributed by atoms with van der Waals surface area (Å²) in [7, 11) is 0. The van der Waals surface area contributed by atoms with Crippen molar-refractivity contribution in [3.8, 4) is 34.5 Å². The molecule has 0 spiro atoms. The maximum absolute atomic E-state index is 11.5. The average Bonchev–Trinajstić information content (AvgIpc) is 2.86. The fourth-order valence-electron chi connectivity index (χ4n) is 3.19. The van der Waals surface area contributed by atoms with Crippen LogP contribution in [0.2, 0.25) is 0 Å². The molecule has 0 fully saturated rings. The molecule has 0 saturated carbocycles. The molecule has 0 unspecified atom stereocenters. The van der Waals surface area contributed by atoms with E-state index in [2.05, 4.69) is 0 Å². The van der Waals surface area contributed by atoms with Gasteiger partial charge in [-0.15, -0.1) is 0 Å². The van der Waals surface area contributed by atoms with Crippen molar-refractivity contribution in [1.29, 1.82) is 0 Å². The van der Waals surface area contributed by atoms with Crippen LogP contribution in [0, 0.1) is 30.3 Å². The van der Waals surface area contributed by atoms with Gasteiger partial charge in [-0.1, -0.05) is 42.5 Å². The Morgan fingerprint density at radius 3 is 1.08 bits per heavy atom. The number of benzene rings is 4. The normalized spacial score (nSPS) is 10.3. The Labute approximate surface area is 202 Å². The minimum absolute atomic E-state index is 0.0847. The third-order valence-electron chi connectivity index (χ3n) is 4.78. The van der Waals surface area contributed by atoms with Gasteiger partial charge in [-0.25, -0.2) is 0 Å². The van der Waals surface area contributed by atoms with E-state index in [-0.39, 0.29) is 51.6 Å². The van der Waals surface area contributed by atoms with Gasteiger partial charge in [0.25, 0.3) is 0 Å². The first-order valence-corrected chi connectivity index (χ1v) is 10.2. The summed E-state index contributed by atoms with van der Waals surface area (Å²) in [5.41, 5.74) is -1.03. The molecule has 0 bridgehead atoms. The number of hydrogen-bond acceptors (Lipinski definition) is 9. The lowest BCUT2D eigenvalue weighted by atomic mass is 10.2. The van der Waals surface area contributed by atoms with Crippen molar-refractivity contribution in [2.24, 2.45) is 0 Å². The van der Waals surface area contributed by atoms with Gasteiger partial charge in [-0.05, 0) is 30.3 Å². The quantitative estimate of drug-likeness (QED) is 0.182. The molecule has 0 aliphatic rings. The number of nitro benzene ring substituents is 3. The largest absolute Gasteiger partial charge is 0.446 e. The summed E-state index contributed by atoms with van der Waals surface area (Å²) in [5.74, 6) is -0.788. The summed E-state index contributed by atoms with van der Waals surface area (Å²) in [6.45, 7) is 0. The van der Waals surface area contributed by atoms with Gasteiger partial charge >= 0.3 is 17.1 Å². The van der Waals surface area contributed by atoms with Crippen molar-refractivity contribution in [1.82, 2.24) is 0 Å². The lowest BCUT2D eigenvalue weighted by molar-refractivity contribution is -0.385. The first kappa shape index (κ1) is 23.6. The van der Waals surface area contributed by atoms with E-state index in [0.29, 0.717) is 0 Å². The molecule has 12 heteroatoms. The van der Waals surface area contributed by atoms with Crippen LogP contribution >= 0.6 is 0 Å². The maximum Gasteiger partial charge on any atom is 0.311 e.